The third kappa shape index (κ3) is 3.69. The van der Waals surface area contributed by atoms with E-state index in [2.05, 4.69) is 33.3 Å². The Morgan fingerprint density at radius 2 is 1.74 bits per heavy atom. The monoisotopic (exact) mass is 362 g/mol. The number of nitrogens with zero attached hydrogens (tertiary/aromatic N) is 4. The number of rotatable bonds is 4. The van der Waals surface area contributed by atoms with Crippen LogP contribution >= 0.6 is 0 Å². The quantitative estimate of drug-likeness (QED) is 0.714. The highest BCUT2D eigenvalue weighted by molar-refractivity contribution is 5.90. The highest BCUT2D eigenvalue weighted by Gasteiger charge is 2.22. The van der Waals surface area contributed by atoms with Crippen LogP contribution in [0.2, 0.25) is 0 Å². The minimum absolute atomic E-state index is 0.173. The summed E-state index contributed by atoms with van der Waals surface area (Å²) >= 11 is 0. The number of methoxy groups -OCH3 is 1. The lowest BCUT2D eigenvalue weighted by molar-refractivity contribution is -0.130. The zero-order valence-corrected chi connectivity index (χ0v) is 15.3. The molecule has 0 N–H and O–H groups in total. The van der Waals surface area contributed by atoms with E-state index in [1.807, 2.05) is 35.2 Å². The van der Waals surface area contributed by atoms with Crippen molar-refractivity contribution in [2.45, 2.75) is 6.42 Å². The topological polar surface area (TPSA) is 58.6 Å². The van der Waals surface area contributed by atoms with Crippen molar-refractivity contribution in [1.29, 1.82) is 0 Å². The summed E-state index contributed by atoms with van der Waals surface area (Å²) in [5.41, 5.74) is 1.08. The number of ether oxygens (including phenoxy) is 1. The molecule has 3 aromatic rings. The van der Waals surface area contributed by atoms with Crippen molar-refractivity contribution < 1.29 is 9.53 Å². The molecule has 6 nitrogen and oxygen atoms in total. The molecule has 0 spiro atoms. The number of carbonyl (C=O) groups excluding carboxylic acids is 1. The first-order valence-corrected chi connectivity index (χ1v) is 9.11. The van der Waals surface area contributed by atoms with Crippen LogP contribution in [0.3, 0.4) is 0 Å². The van der Waals surface area contributed by atoms with E-state index in [0.717, 1.165) is 29.9 Å². The molecule has 1 fully saturated rings. The summed E-state index contributed by atoms with van der Waals surface area (Å²) in [6, 6.07) is 18.1. The normalized spacial score (nSPS) is 14.4. The van der Waals surface area contributed by atoms with Crippen molar-refractivity contribution in [3.05, 3.63) is 60.2 Å². The minimum Gasteiger partial charge on any atom is -0.480 e. The maximum atomic E-state index is 12.8. The maximum absolute atomic E-state index is 12.8. The molecule has 1 saturated heterocycles. The van der Waals surface area contributed by atoms with Gasteiger partial charge in [0.15, 0.2) is 5.82 Å². The first-order chi connectivity index (χ1) is 13.2. The van der Waals surface area contributed by atoms with E-state index in [4.69, 9.17) is 4.74 Å². The Hall–Kier alpha value is -3.15. The molecule has 0 saturated carbocycles. The van der Waals surface area contributed by atoms with Crippen LogP contribution in [-0.2, 0) is 11.2 Å². The second kappa shape index (κ2) is 7.61. The molecule has 2 aromatic carbocycles. The third-order valence-corrected chi connectivity index (χ3v) is 5.01. The molecule has 1 aromatic heterocycles. The molecule has 1 aliphatic heterocycles. The van der Waals surface area contributed by atoms with Crippen LogP contribution < -0.4 is 9.64 Å². The fourth-order valence-corrected chi connectivity index (χ4v) is 3.50. The van der Waals surface area contributed by atoms with Gasteiger partial charge in [0.1, 0.15) is 0 Å². The molecule has 2 heterocycles. The van der Waals surface area contributed by atoms with Gasteiger partial charge in [0, 0.05) is 32.2 Å². The summed E-state index contributed by atoms with van der Waals surface area (Å²) in [5, 5.41) is 10.5. The SMILES string of the molecule is COc1ccc(N2CCN(C(=O)Cc3cccc4ccccc34)CC2)nn1. The zero-order valence-electron chi connectivity index (χ0n) is 15.3. The van der Waals surface area contributed by atoms with Crippen LogP contribution in [0.25, 0.3) is 10.8 Å². The van der Waals surface area contributed by atoms with Gasteiger partial charge in [-0.25, -0.2) is 0 Å². The first-order valence-electron chi connectivity index (χ1n) is 9.11. The molecule has 0 atom stereocenters. The predicted molar refractivity (Wildman–Crippen MR) is 105 cm³/mol. The summed E-state index contributed by atoms with van der Waals surface area (Å²) in [6.45, 7) is 2.89. The molecule has 4 rings (SSSR count). The second-order valence-electron chi connectivity index (χ2n) is 6.62. The molecular formula is C21H22N4O2. The molecule has 27 heavy (non-hydrogen) atoms. The Morgan fingerprint density at radius 3 is 2.48 bits per heavy atom. The van der Waals surface area contributed by atoms with E-state index >= 15 is 0 Å². The van der Waals surface area contributed by atoms with Gasteiger partial charge in [0.25, 0.3) is 0 Å². The predicted octanol–water partition coefficient (Wildman–Crippen LogP) is 2.53. The molecule has 0 bridgehead atoms. The van der Waals surface area contributed by atoms with Crippen LogP contribution in [0.1, 0.15) is 5.56 Å². The maximum Gasteiger partial charge on any atom is 0.233 e. The van der Waals surface area contributed by atoms with Gasteiger partial charge in [-0.1, -0.05) is 42.5 Å². The highest BCUT2D eigenvalue weighted by atomic mass is 16.5. The number of amides is 1. The summed E-state index contributed by atoms with van der Waals surface area (Å²) in [7, 11) is 1.57. The number of anilines is 1. The Morgan fingerprint density at radius 1 is 0.963 bits per heavy atom. The Balaban J connectivity index is 1.39. The zero-order chi connectivity index (χ0) is 18.6. The lowest BCUT2D eigenvalue weighted by Gasteiger charge is -2.35. The summed E-state index contributed by atoms with van der Waals surface area (Å²) in [5.74, 6) is 1.49. The number of hydrogen-bond acceptors (Lipinski definition) is 5. The largest absolute Gasteiger partial charge is 0.480 e. The van der Waals surface area contributed by atoms with Crippen molar-refractivity contribution >= 4 is 22.5 Å². The van der Waals surface area contributed by atoms with Crippen LogP contribution in [-0.4, -0.2) is 54.3 Å². The number of piperazine rings is 1. The van der Waals surface area contributed by atoms with Crippen LogP contribution in [0, 0.1) is 0 Å². The van der Waals surface area contributed by atoms with E-state index in [1.54, 1.807) is 13.2 Å². The van der Waals surface area contributed by atoms with Gasteiger partial charge in [0.2, 0.25) is 11.8 Å². The number of benzene rings is 2. The average Bonchev–Trinajstić information content (AvgIpc) is 2.74. The number of hydrogen-bond donors (Lipinski definition) is 0. The van der Waals surface area contributed by atoms with Gasteiger partial charge in [0.05, 0.1) is 13.5 Å². The van der Waals surface area contributed by atoms with Gasteiger partial charge < -0.3 is 14.5 Å². The number of aromatic nitrogens is 2. The van der Waals surface area contributed by atoms with Crippen molar-refractivity contribution in [1.82, 2.24) is 15.1 Å². The van der Waals surface area contributed by atoms with Gasteiger partial charge in [-0.15, -0.1) is 10.2 Å². The van der Waals surface area contributed by atoms with Crippen molar-refractivity contribution in [3.8, 4) is 5.88 Å². The summed E-state index contributed by atoms with van der Waals surface area (Å²) < 4.78 is 5.05. The van der Waals surface area contributed by atoms with Crippen molar-refractivity contribution in [2.24, 2.45) is 0 Å². The van der Waals surface area contributed by atoms with E-state index in [-0.39, 0.29) is 5.91 Å². The van der Waals surface area contributed by atoms with Crippen molar-refractivity contribution in [2.75, 3.05) is 38.2 Å². The lowest BCUT2D eigenvalue weighted by Crippen LogP contribution is -2.49. The fraction of sp³-hybridized carbons (Fsp3) is 0.286. The molecule has 0 radical (unpaired) electrons. The van der Waals surface area contributed by atoms with Gasteiger partial charge in [-0.2, -0.15) is 0 Å². The van der Waals surface area contributed by atoms with Crippen molar-refractivity contribution in [3.63, 3.8) is 0 Å². The molecule has 138 valence electrons. The Bertz CT molecular complexity index is 929. The summed E-state index contributed by atoms with van der Waals surface area (Å²) in [4.78, 5) is 16.9. The lowest BCUT2D eigenvalue weighted by atomic mass is 10.0. The van der Waals surface area contributed by atoms with Gasteiger partial charge in [-0.3, -0.25) is 4.79 Å². The molecular weight excluding hydrogens is 340 g/mol. The molecule has 0 aliphatic carbocycles. The van der Waals surface area contributed by atoms with Crippen LogP contribution in [0.15, 0.2) is 54.6 Å². The van der Waals surface area contributed by atoms with E-state index in [9.17, 15) is 4.79 Å². The molecule has 0 unspecified atom stereocenters. The van der Waals surface area contributed by atoms with Gasteiger partial charge in [-0.05, 0) is 22.4 Å². The van der Waals surface area contributed by atoms with Crippen LogP contribution in [0.5, 0.6) is 5.88 Å². The molecule has 1 aliphatic rings. The second-order valence-corrected chi connectivity index (χ2v) is 6.62. The van der Waals surface area contributed by atoms with E-state index in [0.29, 0.717) is 25.4 Å². The third-order valence-electron chi connectivity index (χ3n) is 5.01. The van der Waals surface area contributed by atoms with Crippen LogP contribution in [0.4, 0.5) is 5.82 Å². The molecule has 6 heteroatoms. The van der Waals surface area contributed by atoms with E-state index in [1.165, 1.54) is 5.39 Å². The smallest absolute Gasteiger partial charge is 0.233 e. The highest BCUT2D eigenvalue weighted by Crippen LogP contribution is 2.20. The number of fused-ring (bicyclic) bond motifs is 1. The average molecular weight is 362 g/mol. The fourth-order valence-electron chi connectivity index (χ4n) is 3.50. The summed E-state index contributed by atoms with van der Waals surface area (Å²) in [6.07, 6.45) is 0.434. The number of carbonyl (C=O) groups is 1. The minimum atomic E-state index is 0.173. The Kier molecular flexibility index (Phi) is 4.87. The first kappa shape index (κ1) is 17.3. The Labute approximate surface area is 158 Å². The van der Waals surface area contributed by atoms with E-state index < -0.39 is 0 Å². The molecule has 1 amide bonds. The van der Waals surface area contributed by atoms with Gasteiger partial charge >= 0.3 is 0 Å². The standard InChI is InChI=1S/C21H22N4O2/c1-27-20-10-9-19(22-23-20)24-11-13-25(14-12-24)21(26)15-17-7-4-6-16-5-2-3-8-18(16)17/h2-10H,11-15H2,1H3.